The van der Waals surface area contributed by atoms with Crippen molar-refractivity contribution < 1.29 is 4.79 Å². The maximum Gasteiger partial charge on any atom is 0.236 e. The zero-order valence-corrected chi connectivity index (χ0v) is 10.5. The Bertz CT molecular complexity index is 222. The molecule has 1 rings (SSSR count). The van der Waals surface area contributed by atoms with Crippen LogP contribution < -0.4 is 5.32 Å². The van der Waals surface area contributed by atoms with E-state index >= 15 is 0 Å². The van der Waals surface area contributed by atoms with E-state index in [2.05, 4.69) is 12.2 Å². The maximum atomic E-state index is 11.6. The van der Waals surface area contributed by atoms with Gasteiger partial charge < -0.3 is 10.2 Å². The number of nitrogens with one attached hydrogen (secondary N) is 1. The average molecular weight is 212 g/mol. The molecule has 0 aromatic heterocycles. The van der Waals surface area contributed by atoms with E-state index in [1.54, 1.807) is 4.90 Å². The number of hydrogen-bond donors (Lipinski definition) is 1. The summed E-state index contributed by atoms with van der Waals surface area (Å²) in [7, 11) is 1.86. The first-order chi connectivity index (χ1) is 7.01. The zero-order valence-electron chi connectivity index (χ0n) is 10.5. The minimum Gasteiger partial charge on any atom is -0.342 e. The van der Waals surface area contributed by atoms with E-state index in [9.17, 15) is 4.79 Å². The van der Waals surface area contributed by atoms with Crippen molar-refractivity contribution >= 4 is 5.91 Å². The highest BCUT2D eigenvalue weighted by Crippen LogP contribution is 2.47. The van der Waals surface area contributed by atoms with Gasteiger partial charge in [0.25, 0.3) is 0 Å². The maximum absolute atomic E-state index is 11.6. The van der Waals surface area contributed by atoms with Crippen molar-refractivity contribution in [3.05, 3.63) is 0 Å². The van der Waals surface area contributed by atoms with E-state index in [-0.39, 0.29) is 5.91 Å². The summed E-state index contributed by atoms with van der Waals surface area (Å²) in [5, 5.41) is 3.28. The van der Waals surface area contributed by atoms with E-state index in [4.69, 9.17) is 0 Å². The van der Waals surface area contributed by atoms with Gasteiger partial charge in [0.15, 0.2) is 0 Å². The Morgan fingerprint density at radius 1 is 1.47 bits per heavy atom. The molecule has 3 nitrogen and oxygen atoms in total. The molecule has 1 amide bonds. The van der Waals surface area contributed by atoms with E-state index in [0.29, 0.717) is 18.0 Å². The van der Waals surface area contributed by atoms with Crippen LogP contribution in [0.25, 0.3) is 0 Å². The highest BCUT2D eigenvalue weighted by molar-refractivity contribution is 5.78. The molecule has 0 bridgehead atoms. The standard InChI is InChI=1S/C12H24N2O/c1-5-12(6-7-12)9-13-8-11(15)14(4)10(2)3/h10,13H,5-9H2,1-4H3. The van der Waals surface area contributed by atoms with Crippen molar-refractivity contribution in [3.63, 3.8) is 0 Å². The minimum atomic E-state index is 0.192. The van der Waals surface area contributed by atoms with Gasteiger partial charge in [-0.15, -0.1) is 0 Å². The van der Waals surface area contributed by atoms with Crippen molar-refractivity contribution in [1.82, 2.24) is 10.2 Å². The zero-order chi connectivity index (χ0) is 11.5. The van der Waals surface area contributed by atoms with Gasteiger partial charge in [-0.25, -0.2) is 0 Å². The van der Waals surface area contributed by atoms with Crippen LogP contribution in [0.3, 0.4) is 0 Å². The van der Waals surface area contributed by atoms with Gasteiger partial charge in [0.1, 0.15) is 0 Å². The summed E-state index contributed by atoms with van der Waals surface area (Å²) in [5.41, 5.74) is 0.524. The summed E-state index contributed by atoms with van der Waals surface area (Å²) in [6.07, 6.45) is 3.88. The molecule has 0 saturated heterocycles. The first-order valence-electron chi connectivity index (χ1n) is 5.97. The van der Waals surface area contributed by atoms with Gasteiger partial charge in [-0.1, -0.05) is 6.92 Å². The Kier molecular flexibility index (Phi) is 4.14. The average Bonchev–Trinajstić information content (AvgIpc) is 2.97. The Labute approximate surface area is 93.2 Å². The second-order valence-electron chi connectivity index (χ2n) is 5.06. The third-order valence-corrected chi connectivity index (χ3v) is 3.65. The van der Waals surface area contributed by atoms with Gasteiger partial charge in [-0.3, -0.25) is 4.79 Å². The summed E-state index contributed by atoms with van der Waals surface area (Å²) >= 11 is 0. The number of likely N-dealkylation sites (N-methyl/N-ethyl adjacent to an activating group) is 1. The fourth-order valence-corrected chi connectivity index (χ4v) is 1.68. The highest BCUT2D eigenvalue weighted by atomic mass is 16.2. The van der Waals surface area contributed by atoms with Gasteiger partial charge >= 0.3 is 0 Å². The smallest absolute Gasteiger partial charge is 0.236 e. The predicted octanol–water partition coefficient (Wildman–Crippen LogP) is 1.63. The Hall–Kier alpha value is -0.570. The number of nitrogens with zero attached hydrogens (tertiary/aromatic N) is 1. The molecule has 0 heterocycles. The summed E-state index contributed by atoms with van der Waals surface area (Å²) < 4.78 is 0. The molecule has 1 N–H and O–H groups in total. The van der Waals surface area contributed by atoms with Gasteiger partial charge in [0, 0.05) is 19.6 Å². The van der Waals surface area contributed by atoms with E-state index in [0.717, 1.165) is 6.54 Å². The lowest BCUT2D eigenvalue weighted by Gasteiger charge is -2.22. The predicted molar refractivity (Wildman–Crippen MR) is 62.7 cm³/mol. The first-order valence-corrected chi connectivity index (χ1v) is 5.97. The van der Waals surface area contributed by atoms with Crippen LogP contribution in [0.1, 0.15) is 40.0 Å². The molecule has 88 valence electrons. The van der Waals surface area contributed by atoms with Gasteiger partial charge in [-0.05, 0) is 38.5 Å². The van der Waals surface area contributed by atoms with Crippen LogP contribution >= 0.6 is 0 Å². The molecule has 1 aliphatic carbocycles. The lowest BCUT2D eigenvalue weighted by atomic mass is 10.0. The SMILES string of the molecule is CCC1(CNCC(=O)N(C)C(C)C)CC1. The molecule has 3 heteroatoms. The number of hydrogen-bond acceptors (Lipinski definition) is 2. The van der Waals surface area contributed by atoms with Gasteiger partial charge in [0.2, 0.25) is 5.91 Å². The van der Waals surface area contributed by atoms with Gasteiger partial charge in [0.05, 0.1) is 6.54 Å². The number of amides is 1. The van der Waals surface area contributed by atoms with Crippen LogP contribution in [-0.4, -0.2) is 37.0 Å². The normalized spacial score (nSPS) is 17.9. The van der Waals surface area contributed by atoms with Crippen molar-refractivity contribution in [2.24, 2.45) is 5.41 Å². The molecule has 0 unspecified atom stereocenters. The Morgan fingerprint density at radius 2 is 2.07 bits per heavy atom. The minimum absolute atomic E-state index is 0.192. The second-order valence-corrected chi connectivity index (χ2v) is 5.06. The Balaban J connectivity index is 2.17. The summed E-state index contributed by atoms with van der Waals surface area (Å²) in [4.78, 5) is 13.4. The van der Waals surface area contributed by atoms with Crippen LogP contribution in [0.2, 0.25) is 0 Å². The largest absolute Gasteiger partial charge is 0.342 e. The molecule has 0 atom stereocenters. The molecule has 1 saturated carbocycles. The molecule has 0 aromatic rings. The van der Waals surface area contributed by atoms with Crippen molar-refractivity contribution in [2.45, 2.75) is 46.1 Å². The highest BCUT2D eigenvalue weighted by Gasteiger charge is 2.39. The van der Waals surface area contributed by atoms with Crippen molar-refractivity contribution in [2.75, 3.05) is 20.1 Å². The fourth-order valence-electron chi connectivity index (χ4n) is 1.68. The van der Waals surface area contributed by atoms with Crippen LogP contribution in [0.5, 0.6) is 0 Å². The van der Waals surface area contributed by atoms with Crippen LogP contribution in [0.15, 0.2) is 0 Å². The molecule has 1 fully saturated rings. The lowest BCUT2D eigenvalue weighted by molar-refractivity contribution is -0.130. The van der Waals surface area contributed by atoms with Crippen LogP contribution in [-0.2, 0) is 4.79 Å². The number of carbonyl (C=O) groups excluding carboxylic acids is 1. The topological polar surface area (TPSA) is 32.3 Å². The molecular weight excluding hydrogens is 188 g/mol. The quantitative estimate of drug-likeness (QED) is 0.726. The van der Waals surface area contributed by atoms with E-state index in [1.165, 1.54) is 19.3 Å². The second kappa shape index (κ2) is 4.97. The van der Waals surface area contributed by atoms with E-state index < -0.39 is 0 Å². The van der Waals surface area contributed by atoms with Crippen LogP contribution in [0.4, 0.5) is 0 Å². The third-order valence-electron chi connectivity index (χ3n) is 3.65. The van der Waals surface area contributed by atoms with E-state index in [1.807, 2.05) is 20.9 Å². The van der Waals surface area contributed by atoms with Gasteiger partial charge in [-0.2, -0.15) is 0 Å². The molecule has 15 heavy (non-hydrogen) atoms. The first kappa shape index (κ1) is 12.5. The molecular formula is C12H24N2O. The van der Waals surface area contributed by atoms with Crippen molar-refractivity contribution in [1.29, 1.82) is 0 Å². The fraction of sp³-hybridized carbons (Fsp3) is 0.917. The summed E-state index contributed by atoms with van der Waals surface area (Å²) in [6, 6.07) is 0.292. The Morgan fingerprint density at radius 3 is 2.47 bits per heavy atom. The summed E-state index contributed by atoms with van der Waals surface area (Å²) in [5.74, 6) is 0.192. The molecule has 0 aromatic carbocycles. The summed E-state index contributed by atoms with van der Waals surface area (Å²) in [6.45, 7) is 7.78. The molecule has 1 aliphatic rings. The number of carbonyl (C=O) groups is 1. The monoisotopic (exact) mass is 212 g/mol. The molecule has 0 radical (unpaired) electrons. The van der Waals surface area contributed by atoms with Crippen LogP contribution in [0, 0.1) is 5.41 Å². The lowest BCUT2D eigenvalue weighted by Crippen LogP contribution is -2.40. The van der Waals surface area contributed by atoms with Crippen molar-refractivity contribution in [3.8, 4) is 0 Å². The number of rotatable bonds is 6. The molecule has 0 aliphatic heterocycles. The third kappa shape index (κ3) is 3.49. The molecule has 0 spiro atoms.